The molecular formula is C11H12ClN5O3S2. The summed E-state index contributed by atoms with van der Waals surface area (Å²) in [6, 6.07) is 3.34. The van der Waals surface area contributed by atoms with Crippen LogP contribution in [0.3, 0.4) is 0 Å². The summed E-state index contributed by atoms with van der Waals surface area (Å²) in [5, 5.41) is 5.72. The van der Waals surface area contributed by atoms with Gasteiger partial charge in [0.1, 0.15) is 6.33 Å². The average molecular weight is 362 g/mol. The van der Waals surface area contributed by atoms with Crippen LogP contribution in [0.4, 0.5) is 0 Å². The van der Waals surface area contributed by atoms with Crippen molar-refractivity contribution in [2.24, 2.45) is 0 Å². The molecule has 11 heteroatoms. The van der Waals surface area contributed by atoms with E-state index in [2.05, 4.69) is 15.2 Å². The average Bonchev–Trinajstić information content (AvgIpc) is 3.18. The molecular weight excluding hydrogens is 350 g/mol. The zero-order valence-electron chi connectivity index (χ0n) is 11.3. The van der Waals surface area contributed by atoms with Crippen LogP contribution in [0.25, 0.3) is 0 Å². The van der Waals surface area contributed by atoms with Crippen molar-refractivity contribution in [3.05, 3.63) is 27.7 Å². The maximum absolute atomic E-state index is 12.3. The molecule has 1 aliphatic heterocycles. The molecule has 0 saturated carbocycles. The molecule has 0 bridgehead atoms. The van der Waals surface area contributed by atoms with E-state index in [0.29, 0.717) is 22.3 Å². The Morgan fingerprint density at radius 2 is 2.00 bits per heavy atom. The number of rotatable bonds is 3. The predicted octanol–water partition coefficient (Wildman–Crippen LogP) is 0.666. The molecule has 1 fully saturated rings. The van der Waals surface area contributed by atoms with Crippen LogP contribution in [0.1, 0.15) is 9.67 Å². The highest BCUT2D eigenvalue weighted by atomic mass is 35.5. The number of carbonyl (C=O) groups is 1. The van der Waals surface area contributed by atoms with E-state index in [4.69, 9.17) is 11.6 Å². The molecule has 1 saturated heterocycles. The SMILES string of the molecule is O=C(c1ccc(Cl)s1)N1CCN(S(=O)(=O)c2ncn[nH]2)CC1. The van der Waals surface area contributed by atoms with E-state index in [0.717, 1.165) is 6.33 Å². The van der Waals surface area contributed by atoms with Crippen molar-refractivity contribution in [2.75, 3.05) is 26.2 Å². The van der Waals surface area contributed by atoms with E-state index in [-0.39, 0.29) is 24.2 Å². The molecule has 118 valence electrons. The first-order valence-electron chi connectivity index (χ1n) is 6.38. The molecule has 2 aromatic rings. The second-order valence-corrected chi connectivity index (χ2v) is 8.16. The fourth-order valence-electron chi connectivity index (χ4n) is 2.16. The van der Waals surface area contributed by atoms with Gasteiger partial charge >= 0.3 is 0 Å². The first-order chi connectivity index (χ1) is 10.5. The van der Waals surface area contributed by atoms with Crippen molar-refractivity contribution in [3.63, 3.8) is 0 Å². The number of piperazine rings is 1. The van der Waals surface area contributed by atoms with E-state index in [1.54, 1.807) is 17.0 Å². The Hall–Kier alpha value is -1.49. The van der Waals surface area contributed by atoms with Gasteiger partial charge in [-0.1, -0.05) is 11.6 Å². The molecule has 2 aromatic heterocycles. The first-order valence-corrected chi connectivity index (χ1v) is 9.02. The summed E-state index contributed by atoms with van der Waals surface area (Å²) < 4.78 is 26.4. The molecule has 3 heterocycles. The second kappa shape index (κ2) is 5.95. The van der Waals surface area contributed by atoms with Crippen LogP contribution in [0.2, 0.25) is 4.34 Å². The number of hydrogen-bond acceptors (Lipinski definition) is 6. The van der Waals surface area contributed by atoms with E-state index >= 15 is 0 Å². The fraction of sp³-hybridized carbons (Fsp3) is 0.364. The van der Waals surface area contributed by atoms with Gasteiger partial charge in [0, 0.05) is 26.2 Å². The summed E-state index contributed by atoms with van der Waals surface area (Å²) in [6.07, 6.45) is 1.15. The van der Waals surface area contributed by atoms with Crippen molar-refractivity contribution in [3.8, 4) is 0 Å². The molecule has 1 aliphatic rings. The molecule has 1 N–H and O–H groups in total. The summed E-state index contributed by atoms with van der Waals surface area (Å²) in [4.78, 5) is 18.1. The van der Waals surface area contributed by atoms with Gasteiger partial charge in [-0.25, -0.2) is 18.5 Å². The van der Waals surface area contributed by atoms with Gasteiger partial charge in [-0.15, -0.1) is 11.3 Å². The minimum atomic E-state index is -3.68. The van der Waals surface area contributed by atoms with Gasteiger partial charge in [0.15, 0.2) is 0 Å². The quantitative estimate of drug-likeness (QED) is 0.866. The Morgan fingerprint density at radius 3 is 2.55 bits per heavy atom. The first kappa shape index (κ1) is 15.4. The molecule has 3 rings (SSSR count). The minimum Gasteiger partial charge on any atom is -0.335 e. The molecule has 0 spiro atoms. The van der Waals surface area contributed by atoms with Crippen LogP contribution < -0.4 is 0 Å². The molecule has 0 atom stereocenters. The Labute approximate surface area is 135 Å². The lowest BCUT2D eigenvalue weighted by Crippen LogP contribution is -2.50. The Morgan fingerprint density at radius 1 is 1.27 bits per heavy atom. The number of halogens is 1. The lowest BCUT2D eigenvalue weighted by molar-refractivity contribution is 0.0702. The minimum absolute atomic E-state index is 0.131. The summed E-state index contributed by atoms with van der Waals surface area (Å²) in [5.74, 6) is -0.131. The number of sulfonamides is 1. The Bertz CT molecular complexity index is 766. The number of carbonyl (C=O) groups excluding carboxylic acids is 1. The number of aromatic nitrogens is 3. The van der Waals surface area contributed by atoms with Gasteiger partial charge < -0.3 is 4.90 Å². The number of H-pyrrole nitrogens is 1. The predicted molar refractivity (Wildman–Crippen MR) is 80.4 cm³/mol. The number of aromatic amines is 1. The van der Waals surface area contributed by atoms with E-state index in [1.165, 1.54) is 15.6 Å². The third-order valence-electron chi connectivity index (χ3n) is 3.29. The van der Waals surface area contributed by atoms with Gasteiger partial charge in [-0.3, -0.25) is 4.79 Å². The highest BCUT2D eigenvalue weighted by molar-refractivity contribution is 7.88. The number of thiophene rings is 1. The van der Waals surface area contributed by atoms with Gasteiger partial charge in [-0.05, 0) is 12.1 Å². The maximum Gasteiger partial charge on any atom is 0.278 e. The van der Waals surface area contributed by atoms with Gasteiger partial charge in [0.25, 0.3) is 21.1 Å². The van der Waals surface area contributed by atoms with Gasteiger partial charge in [0.2, 0.25) is 0 Å². The normalized spacial score (nSPS) is 16.9. The van der Waals surface area contributed by atoms with Crippen molar-refractivity contribution in [1.82, 2.24) is 24.4 Å². The van der Waals surface area contributed by atoms with Crippen molar-refractivity contribution in [2.45, 2.75) is 5.16 Å². The molecule has 0 unspecified atom stereocenters. The van der Waals surface area contributed by atoms with Crippen LogP contribution in [0.15, 0.2) is 23.6 Å². The summed E-state index contributed by atoms with van der Waals surface area (Å²) in [7, 11) is -3.68. The van der Waals surface area contributed by atoms with E-state index < -0.39 is 10.0 Å². The van der Waals surface area contributed by atoms with Gasteiger partial charge in [-0.2, -0.15) is 9.40 Å². The number of nitrogens with zero attached hydrogens (tertiary/aromatic N) is 4. The van der Waals surface area contributed by atoms with Crippen molar-refractivity contribution in [1.29, 1.82) is 0 Å². The number of nitrogens with one attached hydrogen (secondary N) is 1. The topological polar surface area (TPSA) is 99.3 Å². The van der Waals surface area contributed by atoms with Gasteiger partial charge in [0.05, 0.1) is 9.21 Å². The highest BCUT2D eigenvalue weighted by Crippen LogP contribution is 2.23. The van der Waals surface area contributed by atoms with Crippen LogP contribution in [-0.2, 0) is 10.0 Å². The molecule has 0 aliphatic carbocycles. The zero-order valence-corrected chi connectivity index (χ0v) is 13.7. The third-order valence-corrected chi connectivity index (χ3v) is 6.24. The van der Waals surface area contributed by atoms with E-state index in [1.807, 2.05) is 0 Å². The lowest BCUT2D eigenvalue weighted by atomic mass is 10.3. The molecule has 0 aromatic carbocycles. The molecule has 1 amide bonds. The van der Waals surface area contributed by atoms with Crippen molar-refractivity contribution >= 4 is 38.9 Å². The van der Waals surface area contributed by atoms with E-state index in [9.17, 15) is 13.2 Å². The lowest BCUT2D eigenvalue weighted by Gasteiger charge is -2.33. The number of amides is 1. The third kappa shape index (κ3) is 2.86. The Kier molecular flexibility index (Phi) is 4.17. The smallest absolute Gasteiger partial charge is 0.278 e. The van der Waals surface area contributed by atoms with Crippen LogP contribution in [0.5, 0.6) is 0 Å². The largest absolute Gasteiger partial charge is 0.335 e. The molecule has 8 nitrogen and oxygen atoms in total. The van der Waals surface area contributed by atoms with Crippen LogP contribution >= 0.6 is 22.9 Å². The monoisotopic (exact) mass is 361 g/mol. The number of hydrogen-bond donors (Lipinski definition) is 1. The Balaban J connectivity index is 1.67. The fourth-order valence-corrected chi connectivity index (χ4v) is 4.41. The second-order valence-electron chi connectivity index (χ2n) is 4.59. The standard InChI is InChI=1S/C11H12ClN5O3S2/c12-9-2-1-8(21-9)10(18)16-3-5-17(6-4-16)22(19,20)11-13-7-14-15-11/h1-2,7H,3-6H2,(H,13,14,15). The molecule has 22 heavy (non-hydrogen) atoms. The summed E-state index contributed by atoms with van der Waals surface area (Å²) in [5.41, 5.74) is 0. The summed E-state index contributed by atoms with van der Waals surface area (Å²) in [6.45, 7) is 1.07. The maximum atomic E-state index is 12.3. The summed E-state index contributed by atoms with van der Waals surface area (Å²) >= 11 is 7.04. The molecule has 0 radical (unpaired) electrons. The van der Waals surface area contributed by atoms with Crippen molar-refractivity contribution < 1.29 is 13.2 Å². The highest BCUT2D eigenvalue weighted by Gasteiger charge is 2.32. The zero-order chi connectivity index (χ0) is 15.7. The van der Waals surface area contributed by atoms with Crippen LogP contribution in [-0.4, -0.2) is 64.9 Å². The van der Waals surface area contributed by atoms with Crippen LogP contribution in [0, 0.1) is 0 Å².